The minimum absolute atomic E-state index is 0.0534. The third-order valence-electron chi connectivity index (χ3n) is 3.35. The highest BCUT2D eigenvalue weighted by atomic mass is 35.5. The first-order chi connectivity index (χ1) is 11.9. The first-order valence-corrected chi connectivity index (χ1v) is 8.46. The van der Waals surface area contributed by atoms with Crippen LogP contribution in [0.2, 0.25) is 15.1 Å². The summed E-state index contributed by atoms with van der Waals surface area (Å²) in [6.07, 6.45) is 0. The minimum Gasteiger partial charge on any atom is -0.505 e. The van der Waals surface area contributed by atoms with Crippen molar-refractivity contribution in [3.05, 3.63) is 50.5 Å². The average Bonchev–Trinajstić information content (AvgIpc) is 2.59. The molecule has 0 aliphatic heterocycles. The van der Waals surface area contributed by atoms with Gasteiger partial charge in [-0.15, -0.1) is 0 Å². The molecule has 0 atom stereocenters. The Morgan fingerprint density at radius 2 is 1.88 bits per heavy atom. The van der Waals surface area contributed by atoms with E-state index in [9.17, 15) is 9.90 Å². The van der Waals surface area contributed by atoms with Crippen molar-refractivity contribution in [2.24, 2.45) is 0 Å². The standard InChI is InChI=1S/C17H16Cl3NO4/c1-3-25-12-5-4-9(6-13(12)24-2)8-21-17(23)14-15(20)10(18)7-11(19)16(14)22/h4-7,22H,3,8H2,1-2H3,(H,21,23). The highest BCUT2D eigenvalue weighted by Crippen LogP contribution is 2.38. The molecule has 134 valence electrons. The number of nitrogens with one attached hydrogen (secondary N) is 1. The van der Waals surface area contributed by atoms with E-state index in [1.54, 1.807) is 18.2 Å². The summed E-state index contributed by atoms with van der Waals surface area (Å²) in [5.41, 5.74) is 0.606. The zero-order valence-corrected chi connectivity index (χ0v) is 15.8. The van der Waals surface area contributed by atoms with Crippen molar-refractivity contribution >= 4 is 40.7 Å². The van der Waals surface area contributed by atoms with E-state index in [4.69, 9.17) is 44.3 Å². The molecule has 8 heteroatoms. The number of rotatable bonds is 6. The van der Waals surface area contributed by atoms with Gasteiger partial charge in [0.25, 0.3) is 5.91 Å². The fourth-order valence-corrected chi connectivity index (χ4v) is 2.85. The van der Waals surface area contributed by atoms with Gasteiger partial charge in [-0.2, -0.15) is 0 Å². The Morgan fingerprint density at radius 3 is 2.52 bits per heavy atom. The fourth-order valence-electron chi connectivity index (χ4n) is 2.16. The van der Waals surface area contributed by atoms with Gasteiger partial charge >= 0.3 is 0 Å². The Balaban J connectivity index is 2.18. The lowest BCUT2D eigenvalue weighted by Crippen LogP contribution is -2.23. The zero-order chi connectivity index (χ0) is 18.6. The third kappa shape index (κ3) is 4.42. The van der Waals surface area contributed by atoms with Crippen molar-refractivity contribution in [2.45, 2.75) is 13.5 Å². The average molecular weight is 405 g/mol. The summed E-state index contributed by atoms with van der Waals surface area (Å²) < 4.78 is 10.7. The smallest absolute Gasteiger partial charge is 0.256 e. The van der Waals surface area contributed by atoms with E-state index in [0.717, 1.165) is 5.56 Å². The van der Waals surface area contributed by atoms with E-state index >= 15 is 0 Å². The number of carbonyl (C=O) groups excluding carboxylic acids is 1. The van der Waals surface area contributed by atoms with Gasteiger partial charge in [0, 0.05) is 6.54 Å². The Hall–Kier alpha value is -1.82. The summed E-state index contributed by atoms with van der Waals surface area (Å²) in [5.74, 6) is 0.153. The molecule has 0 radical (unpaired) electrons. The molecule has 0 aliphatic rings. The molecule has 0 fully saturated rings. The minimum atomic E-state index is -0.597. The van der Waals surface area contributed by atoms with Crippen molar-refractivity contribution in [3.63, 3.8) is 0 Å². The number of ether oxygens (including phenoxy) is 2. The molecule has 2 N–H and O–H groups in total. The van der Waals surface area contributed by atoms with Gasteiger partial charge in [0.05, 0.1) is 28.8 Å². The van der Waals surface area contributed by atoms with E-state index in [0.29, 0.717) is 18.1 Å². The highest BCUT2D eigenvalue weighted by Gasteiger charge is 2.21. The van der Waals surface area contributed by atoms with Crippen LogP contribution in [0.1, 0.15) is 22.8 Å². The fraction of sp³-hybridized carbons (Fsp3) is 0.235. The van der Waals surface area contributed by atoms with Gasteiger partial charge in [0.2, 0.25) is 0 Å². The summed E-state index contributed by atoms with van der Waals surface area (Å²) in [7, 11) is 1.53. The van der Waals surface area contributed by atoms with Crippen molar-refractivity contribution < 1.29 is 19.4 Å². The molecule has 0 saturated heterocycles. The van der Waals surface area contributed by atoms with Gasteiger partial charge in [0.1, 0.15) is 11.3 Å². The predicted molar refractivity (Wildman–Crippen MR) is 98.5 cm³/mol. The Morgan fingerprint density at radius 1 is 1.16 bits per heavy atom. The van der Waals surface area contributed by atoms with Gasteiger partial charge < -0.3 is 19.9 Å². The van der Waals surface area contributed by atoms with E-state index in [1.165, 1.54) is 13.2 Å². The molecule has 25 heavy (non-hydrogen) atoms. The van der Waals surface area contributed by atoms with Crippen LogP contribution in [-0.2, 0) is 6.54 Å². The Kier molecular flexibility index (Phi) is 6.64. The topological polar surface area (TPSA) is 67.8 Å². The number of carbonyl (C=O) groups is 1. The normalized spacial score (nSPS) is 10.4. The molecule has 0 spiro atoms. The van der Waals surface area contributed by atoms with Crippen LogP contribution < -0.4 is 14.8 Å². The maximum atomic E-state index is 12.4. The third-order valence-corrected chi connectivity index (χ3v) is 4.43. The number of methoxy groups -OCH3 is 1. The summed E-state index contributed by atoms with van der Waals surface area (Å²) in [5, 5.41) is 12.6. The number of halogens is 3. The van der Waals surface area contributed by atoms with Gasteiger partial charge in [-0.1, -0.05) is 40.9 Å². The number of amides is 1. The lowest BCUT2D eigenvalue weighted by Gasteiger charge is -2.13. The van der Waals surface area contributed by atoms with Crippen LogP contribution in [0, 0.1) is 0 Å². The zero-order valence-electron chi connectivity index (χ0n) is 13.5. The van der Waals surface area contributed by atoms with Crippen LogP contribution in [-0.4, -0.2) is 24.7 Å². The SMILES string of the molecule is CCOc1ccc(CNC(=O)c2c(O)c(Cl)cc(Cl)c2Cl)cc1OC. The Labute approximate surface area is 160 Å². The van der Waals surface area contributed by atoms with Crippen LogP contribution in [0.3, 0.4) is 0 Å². The second-order valence-electron chi connectivity index (χ2n) is 4.98. The first-order valence-electron chi connectivity index (χ1n) is 7.33. The van der Waals surface area contributed by atoms with Gasteiger partial charge in [-0.05, 0) is 30.7 Å². The summed E-state index contributed by atoms with van der Waals surface area (Å²) in [4.78, 5) is 12.4. The maximum Gasteiger partial charge on any atom is 0.256 e. The number of aromatic hydroxyl groups is 1. The lowest BCUT2D eigenvalue weighted by molar-refractivity contribution is 0.0948. The summed E-state index contributed by atoms with van der Waals surface area (Å²) >= 11 is 17.7. The Bertz CT molecular complexity index is 770. The number of phenolic OH excluding ortho intramolecular Hbond substituents is 1. The van der Waals surface area contributed by atoms with Crippen LogP contribution in [0.5, 0.6) is 17.2 Å². The molecule has 2 aromatic rings. The molecule has 5 nitrogen and oxygen atoms in total. The van der Waals surface area contributed by atoms with Crippen molar-refractivity contribution in [2.75, 3.05) is 13.7 Å². The molecule has 2 rings (SSSR count). The largest absolute Gasteiger partial charge is 0.505 e. The molecule has 0 aliphatic carbocycles. The van der Waals surface area contributed by atoms with Gasteiger partial charge in [0.15, 0.2) is 11.5 Å². The van der Waals surface area contributed by atoms with Crippen LogP contribution in [0.4, 0.5) is 0 Å². The molecule has 0 heterocycles. The van der Waals surface area contributed by atoms with Crippen LogP contribution >= 0.6 is 34.8 Å². The van der Waals surface area contributed by atoms with E-state index in [1.807, 2.05) is 6.92 Å². The van der Waals surface area contributed by atoms with Crippen molar-refractivity contribution in [3.8, 4) is 17.2 Å². The number of hydrogen-bond acceptors (Lipinski definition) is 4. The van der Waals surface area contributed by atoms with Crippen molar-refractivity contribution in [1.29, 1.82) is 0 Å². The van der Waals surface area contributed by atoms with Gasteiger partial charge in [-0.3, -0.25) is 4.79 Å². The molecule has 1 amide bonds. The van der Waals surface area contributed by atoms with E-state index in [2.05, 4.69) is 5.32 Å². The number of benzene rings is 2. The number of phenols is 1. The van der Waals surface area contributed by atoms with Crippen molar-refractivity contribution in [1.82, 2.24) is 5.32 Å². The molecule has 0 unspecified atom stereocenters. The van der Waals surface area contributed by atoms with Crippen LogP contribution in [0.15, 0.2) is 24.3 Å². The van der Waals surface area contributed by atoms with E-state index in [-0.39, 0.29) is 27.2 Å². The molecule has 0 bridgehead atoms. The lowest BCUT2D eigenvalue weighted by atomic mass is 10.1. The molecular weight excluding hydrogens is 389 g/mol. The molecule has 2 aromatic carbocycles. The predicted octanol–water partition coefficient (Wildman–Crippen LogP) is 4.69. The first kappa shape index (κ1) is 19.5. The summed E-state index contributed by atoms with van der Waals surface area (Å²) in [6.45, 7) is 2.57. The molecular formula is C17H16Cl3NO4. The van der Waals surface area contributed by atoms with Crippen LogP contribution in [0.25, 0.3) is 0 Å². The molecule has 0 saturated carbocycles. The highest BCUT2D eigenvalue weighted by molar-refractivity contribution is 6.45. The van der Waals surface area contributed by atoms with E-state index < -0.39 is 11.7 Å². The second kappa shape index (κ2) is 8.52. The quantitative estimate of drug-likeness (QED) is 0.685. The molecule has 0 aromatic heterocycles. The second-order valence-corrected chi connectivity index (χ2v) is 6.17. The number of hydrogen-bond donors (Lipinski definition) is 2. The van der Waals surface area contributed by atoms with Gasteiger partial charge in [-0.25, -0.2) is 0 Å². The summed E-state index contributed by atoms with van der Waals surface area (Å²) in [6, 6.07) is 6.57. The maximum absolute atomic E-state index is 12.4. The monoisotopic (exact) mass is 403 g/mol.